The highest BCUT2D eigenvalue weighted by Gasteiger charge is 2.12. The van der Waals surface area contributed by atoms with Crippen LogP contribution < -0.4 is 15.4 Å². The molecule has 0 saturated carbocycles. The number of hydrogen-bond acceptors (Lipinski definition) is 4. The molecular weight excluding hydrogens is 304 g/mol. The lowest BCUT2D eigenvalue weighted by Crippen LogP contribution is -2.38. The maximum absolute atomic E-state index is 5.54. The Morgan fingerprint density at radius 3 is 2.96 bits per heavy atom. The number of aliphatic imine (C=N–C) groups is 1. The number of aromatic nitrogens is 3. The fourth-order valence-electron chi connectivity index (χ4n) is 2.71. The molecule has 0 saturated heterocycles. The van der Waals surface area contributed by atoms with Gasteiger partial charge in [-0.15, -0.1) is 10.2 Å². The summed E-state index contributed by atoms with van der Waals surface area (Å²) in [5.41, 5.74) is 2.62. The van der Waals surface area contributed by atoms with Gasteiger partial charge in [-0.1, -0.05) is 12.1 Å². The fourth-order valence-corrected chi connectivity index (χ4v) is 2.71. The van der Waals surface area contributed by atoms with Crippen molar-refractivity contribution >= 4 is 5.96 Å². The maximum Gasteiger partial charge on any atom is 0.191 e. The van der Waals surface area contributed by atoms with Gasteiger partial charge in [-0.25, -0.2) is 0 Å². The quantitative estimate of drug-likeness (QED) is 0.632. The Balaban J connectivity index is 1.47. The Bertz CT molecular complexity index is 737. The molecule has 128 valence electrons. The van der Waals surface area contributed by atoms with Gasteiger partial charge in [0.25, 0.3) is 0 Å². The highest BCUT2D eigenvalue weighted by atomic mass is 16.5. The Labute approximate surface area is 142 Å². The second-order valence-electron chi connectivity index (χ2n) is 5.87. The van der Waals surface area contributed by atoms with E-state index in [4.69, 9.17) is 4.74 Å². The van der Waals surface area contributed by atoms with Gasteiger partial charge in [-0.3, -0.25) is 4.99 Å². The molecule has 2 heterocycles. The van der Waals surface area contributed by atoms with E-state index in [2.05, 4.69) is 44.0 Å². The lowest BCUT2D eigenvalue weighted by Gasteiger charge is -2.12. The van der Waals surface area contributed by atoms with Crippen molar-refractivity contribution in [3.8, 4) is 5.75 Å². The van der Waals surface area contributed by atoms with Crippen LogP contribution in [0.15, 0.2) is 23.2 Å². The van der Waals surface area contributed by atoms with E-state index in [-0.39, 0.29) is 0 Å². The minimum Gasteiger partial charge on any atom is -0.493 e. The molecular formula is C17H24N6O. The summed E-state index contributed by atoms with van der Waals surface area (Å²) in [5, 5.41) is 14.8. The van der Waals surface area contributed by atoms with Crippen LogP contribution in [0.4, 0.5) is 0 Å². The van der Waals surface area contributed by atoms with Crippen molar-refractivity contribution in [3.05, 3.63) is 41.0 Å². The number of aryl methyl sites for hydroxylation is 1. The highest BCUT2D eigenvalue weighted by Crippen LogP contribution is 2.25. The lowest BCUT2D eigenvalue weighted by molar-refractivity contribution is 0.357. The second-order valence-corrected chi connectivity index (χ2v) is 5.87. The average molecular weight is 328 g/mol. The van der Waals surface area contributed by atoms with E-state index in [9.17, 15) is 0 Å². The predicted octanol–water partition coefficient (Wildman–Crippen LogP) is 0.966. The van der Waals surface area contributed by atoms with E-state index in [0.717, 1.165) is 49.4 Å². The summed E-state index contributed by atoms with van der Waals surface area (Å²) >= 11 is 0. The van der Waals surface area contributed by atoms with Crippen molar-refractivity contribution in [1.82, 2.24) is 25.4 Å². The van der Waals surface area contributed by atoms with Gasteiger partial charge in [0.15, 0.2) is 11.8 Å². The second kappa shape index (κ2) is 7.33. The van der Waals surface area contributed by atoms with Gasteiger partial charge in [0.2, 0.25) is 0 Å². The zero-order valence-electron chi connectivity index (χ0n) is 14.5. The van der Waals surface area contributed by atoms with Gasteiger partial charge >= 0.3 is 0 Å². The van der Waals surface area contributed by atoms with E-state index in [0.29, 0.717) is 6.54 Å². The predicted molar refractivity (Wildman–Crippen MR) is 93.3 cm³/mol. The first-order valence-electron chi connectivity index (χ1n) is 8.21. The molecule has 2 aromatic rings. The molecule has 1 aromatic carbocycles. The topological polar surface area (TPSA) is 76.4 Å². The molecule has 0 bridgehead atoms. The molecule has 24 heavy (non-hydrogen) atoms. The summed E-state index contributed by atoms with van der Waals surface area (Å²) in [6, 6.07) is 6.44. The number of rotatable bonds is 5. The molecule has 3 rings (SSSR count). The van der Waals surface area contributed by atoms with Crippen LogP contribution in [0, 0.1) is 6.92 Å². The van der Waals surface area contributed by atoms with Crippen LogP contribution in [-0.4, -0.2) is 40.9 Å². The number of ether oxygens (including phenoxy) is 1. The van der Waals surface area contributed by atoms with Crippen LogP contribution in [0.1, 0.15) is 22.8 Å². The van der Waals surface area contributed by atoms with Crippen molar-refractivity contribution in [2.75, 3.05) is 20.2 Å². The third-order valence-electron chi connectivity index (χ3n) is 4.28. The molecule has 1 aromatic heterocycles. The van der Waals surface area contributed by atoms with E-state index < -0.39 is 0 Å². The van der Waals surface area contributed by atoms with Crippen LogP contribution >= 0.6 is 0 Å². The van der Waals surface area contributed by atoms with Crippen molar-refractivity contribution < 1.29 is 4.74 Å². The Morgan fingerprint density at radius 1 is 1.33 bits per heavy atom. The third-order valence-corrected chi connectivity index (χ3v) is 4.28. The Kier molecular flexibility index (Phi) is 4.98. The van der Waals surface area contributed by atoms with E-state index >= 15 is 0 Å². The van der Waals surface area contributed by atoms with Gasteiger partial charge < -0.3 is 19.9 Å². The standard InChI is InChI=1S/C17H24N6O/c1-12-21-22-16(23(12)3)11-20-17(18-2)19-8-6-13-4-5-15-14(10-13)7-9-24-15/h4-5,10H,6-9,11H2,1-3H3,(H2,18,19,20). The molecule has 0 unspecified atom stereocenters. The van der Waals surface area contributed by atoms with Crippen LogP contribution in [-0.2, 0) is 26.4 Å². The number of guanidine groups is 1. The fraction of sp³-hybridized carbons (Fsp3) is 0.471. The first kappa shape index (κ1) is 16.3. The van der Waals surface area contributed by atoms with Crippen molar-refractivity contribution in [1.29, 1.82) is 0 Å². The third kappa shape index (κ3) is 3.67. The monoisotopic (exact) mass is 328 g/mol. The molecule has 2 N–H and O–H groups in total. The first-order chi connectivity index (χ1) is 11.7. The normalized spacial score (nSPS) is 13.5. The number of nitrogens with one attached hydrogen (secondary N) is 2. The summed E-state index contributed by atoms with van der Waals surface area (Å²) in [5.74, 6) is 3.58. The minimum absolute atomic E-state index is 0.590. The van der Waals surface area contributed by atoms with E-state index in [1.165, 1.54) is 11.1 Å². The van der Waals surface area contributed by atoms with Gasteiger partial charge in [-0.2, -0.15) is 0 Å². The van der Waals surface area contributed by atoms with Crippen LogP contribution in [0.25, 0.3) is 0 Å². The molecule has 0 amide bonds. The van der Waals surface area contributed by atoms with Gasteiger partial charge in [0.1, 0.15) is 11.6 Å². The zero-order valence-corrected chi connectivity index (χ0v) is 14.5. The average Bonchev–Trinajstić information content (AvgIpc) is 3.18. The molecule has 0 atom stereocenters. The van der Waals surface area contributed by atoms with Crippen LogP contribution in [0.3, 0.4) is 0 Å². The summed E-state index contributed by atoms with van der Waals surface area (Å²) in [7, 11) is 3.73. The molecule has 0 spiro atoms. The van der Waals surface area contributed by atoms with E-state index in [1.807, 2.05) is 18.5 Å². The maximum atomic E-state index is 5.54. The van der Waals surface area contributed by atoms with Crippen LogP contribution in [0.5, 0.6) is 5.75 Å². The largest absolute Gasteiger partial charge is 0.493 e. The molecule has 0 radical (unpaired) electrons. The molecule has 0 fully saturated rings. The van der Waals surface area contributed by atoms with E-state index in [1.54, 1.807) is 7.05 Å². The first-order valence-corrected chi connectivity index (χ1v) is 8.21. The number of fused-ring (bicyclic) bond motifs is 1. The zero-order chi connectivity index (χ0) is 16.9. The summed E-state index contributed by atoms with van der Waals surface area (Å²) in [6.07, 6.45) is 1.95. The van der Waals surface area contributed by atoms with Crippen LogP contribution in [0.2, 0.25) is 0 Å². The molecule has 0 aliphatic carbocycles. The molecule has 7 nitrogen and oxygen atoms in total. The summed E-state index contributed by atoms with van der Waals surface area (Å²) in [4.78, 5) is 4.25. The molecule has 1 aliphatic rings. The summed E-state index contributed by atoms with van der Waals surface area (Å²) in [6.45, 7) is 4.14. The number of hydrogen-bond donors (Lipinski definition) is 2. The Hall–Kier alpha value is -2.57. The minimum atomic E-state index is 0.590. The Morgan fingerprint density at radius 2 is 2.21 bits per heavy atom. The lowest BCUT2D eigenvalue weighted by atomic mass is 10.1. The summed E-state index contributed by atoms with van der Waals surface area (Å²) < 4.78 is 7.51. The highest BCUT2D eigenvalue weighted by molar-refractivity contribution is 5.79. The molecule has 1 aliphatic heterocycles. The number of benzene rings is 1. The van der Waals surface area contributed by atoms with Crippen molar-refractivity contribution in [2.45, 2.75) is 26.3 Å². The SMILES string of the molecule is CN=C(NCCc1ccc2c(c1)CCO2)NCc1nnc(C)n1C. The number of nitrogens with zero attached hydrogens (tertiary/aromatic N) is 4. The van der Waals surface area contributed by atoms with Gasteiger partial charge in [0.05, 0.1) is 13.2 Å². The van der Waals surface area contributed by atoms with Gasteiger partial charge in [-0.05, 0) is 30.5 Å². The molecule has 7 heteroatoms. The van der Waals surface area contributed by atoms with Gasteiger partial charge in [0, 0.05) is 27.1 Å². The van der Waals surface area contributed by atoms with Crippen molar-refractivity contribution in [2.24, 2.45) is 12.0 Å². The van der Waals surface area contributed by atoms with Crippen molar-refractivity contribution in [3.63, 3.8) is 0 Å². The smallest absolute Gasteiger partial charge is 0.191 e.